The minimum absolute atomic E-state index is 0.551. The summed E-state index contributed by atoms with van der Waals surface area (Å²) in [6.07, 6.45) is 2.00. The highest BCUT2D eigenvalue weighted by Crippen LogP contribution is 2.08. The average Bonchev–Trinajstić information content (AvgIpc) is 2.27. The van der Waals surface area contributed by atoms with Crippen molar-refractivity contribution >= 4 is 12.0 Å². The number of nitro groups is 1. The van der Waals surface area contributed by atoms with Crippen LogP contribution in [0.3, 0.4) is 0 Å². The van der Waals surface area contributed by atoms with Crippen LogP contribution in [0.4, 0.5) is 0 Å². The van der Waals surface area contributed by atoms with Crippen LogP contribution in [-0.2, 0) is 9.53 Å². The monoisotopic (exact) mass is 219 g/mol. The molecule has 82 valence electrons. The molecule has 0 aliphatic rings. The Morgan fingerprint density at radius 1 is 1.38 bits per heavy atom. The van der Waals surface area contributed by atoms with Crippen molar-refractivity contribution in [2.45, 2.75) is 0 Å². The summed E-state index contributed by atoms with van der Waals surface area (Å²) in [5.41, 5.74) is -0.0821. The molecule has 0 bridgehead atoms. The maximum Gasteiger partial charge on any atom is 0.414 e. The van der Waals surface area contributed by atoms with Gasteiger partial charge in [-0.3, -0.25) is 10.1 Å². The number of carbonyl (C=O) groups is 1. The van der Waals surface area contributed by atoms with Crippen LogP contribution >= 0.6 is 0 Å². The fourth-order valence-corrected chi connectivity index (χ4v) is 1.03. The molecule has 0 N–H and O–H groups in total. The lowest BCUT2D eigenvalue weighted by molar-refractivity contribution is -0.419. The summed E-state index contributed by atoms with van der Waals surface area (Å²) in [5, 5.41) is 10.6. The minimum Gasteiger partial charge on any atom is -0.427 e. The average molecular weight is 219 g/mol. The highest BCUT2D eigenvalue weighted by atomic mass is 16.6. The molecule has 0 aromatic heterocycles. The van der Waals surface area contributed by atoms with E-state index in [9.17, 15) is 14.9 Å². The standard InChI is InChI=1S/C11H9NO4/c1-2-16-11(13)10(12(14)15)8-9-6-4-3-5-7-9/h2-8H,1H2. The number of rotatable bonds is 4. The van der Waals surface area contributed by atoms with Crippen molar-refractivity contribution in [2.24, 2.45) is 0 Å². The third kappa shape index (κ3) is 3.06. The van der Waals surface area contributed by atoms with Gasteiger partial charge in [0.05, 0.1) is 11.2 Å². The van der Waals surface area contributed by atoms with E-state index in [1.54, 1.807) is 30.3 Å². The van der Waals surface area contributed by atoms with Gasteiger partial charge in [0.1, 0.15) is 0 Å². The number of esters is 1. The van der Waals surface area contributed by atoms with Gasteiger partial charge in [-0.1, -0.05) is 36.9 Å². The Morgan fingerprint density at radius 3 is 2.50 bits per heavy atom. The van der Waals surface area contributed by atoms with Crippen molar-refractivity contribution in [3.05, 3.63) is 64.5 Å². The van der Waals surface area contributed by atoms with Gasteiger partial charge in [0.2, 0.25) is 0 Å². The molecule has 1 aromatic carbocycles. The molecule has 0 atom stereocenters. The Morgan fingerprint density at radius 2 is 2.00 bits per heavy atom. The summed E-state index contributed by atoms with van der Waals surface area (Å²) in [7, 11) is 0. The maximum absolute atomic E-state index is 11.2. The molecular formula is C11H9NO4. The van der Waals surface area contributed by atoms with Crippen LogP contribution in [0.15, 0.2) is 48.9 Å². The van der Waals surface area contributed by atoms with E-state index in [0.29, 0.717) is 5.56 Å². The number of hydrogen-bond donors (Lipinski definition) is 0. The van der Waals surface area contributed by atoms with Gasteiger partial charge < -0.3 is 4.74 Å². The zero-order valence-corrected chi connectivity index (χ0v) is 8.33. The second kappa shape index (κ2) is 5.45. The third-order valence-electron chi connectivity index (χ3n) is 1.70. The molecule has 5 nitrogen and oxygen atoms in total. The number of carbonyl (C=O) groups excluding carboxylic acids is 1. The molecular weight excluding hydrogens is 210 g/mol. The quantitative estimate of drug-likeness (QED) is 0.255. The Bertz CT molecular complexity index is 437. The number of hydrogen-bond acceptors (Lipinski definition) is 4. The summed E-state index contributed by atoms with van der Waals surface area (Å²) >= 11 is 0. The summed E-state index contributed by atoms with van der Waals surface area (Å²) < 4.78 is 4.35. The van der Waals surface area contributed by atoms with Crippen LogP contribution in [0.5, 0.6) is 0 Å². The van der Waals surface area contributed by atoms with Crippen LogP contribution in [0.1, 0.15) is 5.56 Å². The molecule has 16 heavy (non-hydrogen) atoms. The van der Waals surface area contributed by atoms with Gasteiger partial charge in [-0.2, -0.15) is 0 Å². The van der Waals surface area contributed by atoms with E-state index in [-0.39, 0.29) is 0 Å². The van der Waals surface area contributed by atoms with Crippen LogP contribution in [0.2, 0.25) is 0 Å². The second-order valence-corrected chi connectivity index (χ2v) is 2.77. The van der Waals surface area contributed by atoms with Crippen molar-refractivity contribution in [1.82, 2.24) is 0 Å². The first-order valence-corrected chi connectivity index (χ1v) is 4.38. The Kier molecular flexibility index (Phi) is 3.97. The topological polar surface area (TPSA) is 69.4 Å². The number of nitrogens with zero attached hydrogens (tertiary/aromatic N) is 1. The maximum atomic E-state index is 11.2. The van der Waals surface area contributed by atoms with E-state index in [1.807, 2.05) is 0 Å². The second-order valence-electron chi connectivity index (χ2n) is 2.77. The van der Waals surface area contributed by atoms with Gasteiger partial charge in [0.25, 0.3) is 0 Å². The Balaban J connectivity index is 3.03. The van der Waals surface area contributed by atoms with E-state index in [4.69, 9.17) is 0 Å². The van der Waals surface area contributed by atoms with Crippen LogP contribution < -0.4 is 0 Å². The molecule has 0 unspecified atom stereocenters. The fourth-order valence-electron chi connectivity index (χ4n) is 1.03. The smallest absolute Gasteiger partial charge is 0.414 e. The first-order valence-electron chi connectivity index (χ1n) is 4.38. The minimum atomic E-state index is -1.04. The SMILES string of the molecule is C=COC(=O)C(=Cc1ccccc1)[N+](=O)[O-]. The zero-order chi connectivity index (χ0) is 12.0. The van der Waals surface area contributed by atoms with E-state index < -0.39 is 16.6 Å². The van der Waals surface area contributed by atoms with E-state index >= 15 is 0 Å². The van der Waals surface area contributed by atoms with E-state index in [1.165, 1.54) is 0 Å². The van der Waals surface area contributed by atoms with Gasteiger partial charge >= 0.3 is 11.7 Å². The van der Waals surface area contributed by atoms with Crippen LogP contribution in [0, 0.1) is 10.1 Å². The summed E-state index contributed by atoms with van der Waals surface area (Å²) in [5.74, 6) is -1.04. The lowest BCUT2D eigenvalue weighted by Crippen LogP contribution is -2.12. The van der Waals surface area contributed by atoms with Gasteiger partial charge in [-0.25, -0.2) is 4.79 Å². The third-order valence-corrected chi connectivity index (χ3v) is 1.70. The van der Waals surface area contributed by atoms with Gasteiger partial charge in [0, 0.05) is 6.08 Å². The van der Waals surface area contributed by atoms with E-state index in [0.717, 1.165) is 12.3 Å². The van der Waals surface area contributed by atoms with Crippen molar-refractivity contribution in [2.75, 3.05) is 0 Å². The molecule has 1 rings (SSSR count). The normalized spacial score (nSPS) is 10.6. The molecule has 0 saturated heterocycles. The zero-order valence-electron chi connectivity index (χ0n) is 8.33. The van der Waals surface area contributed by atoms with Crippen molar-refractivity contribution in [1.29, 1.82) is 0 Å². The Hall–Kier alpha value is -2.43. The molecule has 0 aliphatic carbocycles. The molecule has 0 aliphatic heterocycles. The predicted octanol–water partition coefficient (Wildman–Crippen LogP) is 1.99. The lowest BCUT2D eigenvalue weighted by Gasteiger charge is -1.96. The van der Waals surface area contributed by atoms with Crippen LogP contribution in [-0.4, -0.2) is 10.9 Å². The molecule has 5 heteroatoms. The predicted molar refractivity (Wildman–Crippen MR) is 57.7 cm³/mol. The largest absolute Gasteiger partial charge is 0.427 e. The molecule has 0 fully saturated rings. The summed E-state index contributed by atoms with van der Waals surface area (Å²) in [4.78, 5) is 21.0. The van der Waals surface area contributed by atoms with E-state index in [2.05, 4.69) is 11.3 Å². The van der Waals surface area contributed by atoms with Gasteiger partial charge in [-0.15, -0.1) is 0 Å². The van der Waals surface area contributed by atoms with Gasteiger partial charge in [0.15, 0.2) is 0 Å². The van der Waals surface area contributed by atoms with Gasteiger partial charge in [-0.05, 0) is 5.56 Å². The molecule has 0 radical (unpaired) electrons. The van der Waals surface area contributed by atoms with Crippen LogP contribution in [0.25, 0.3) is 6.08 Å². The molecule has 1 aromatic rings. The number of benzene rings is 1. The molecule has 0 saturated carbocycles. The fraction of sp³-hybridized carbons (Fsp3) is 0. The Labute approximate surface area is 91.8 Å². The van der Waals surface area contributed by atoms with Crippen molar-refractivity contribution in [3.63, 3.8) is 0 Å². The first kappa shape index (κ1) is 11.6. The lowest BCUT2D eigenvalue weighted by atomic mass is 10.2. The molecule has 0 heterocycles. The number of ether oxygens (including phenoxy) is 1. The summed E-state index contributed by atoms with van der Waals surface area (Å²) in [6.45, 7) is 3.16. The van der Waals surface area contributed by atoms with Crippen molar-refractivity contribution in [3.8, 4) is 0 Å². The first-order chi connectivity index (χ1) is 7.65. The highest BCUT2D eigenvalue weighted by Gasteiger charge is 2.22. The summed E-state index contributed by atoms with van der Waals surface area (Å²) in [6, 6.07) is 8.48. The molecule has 0 spiro atoms. The highest BCUT2D eigenvalue weighted by molar-refractivity contribution is 5.91. The van der Waals surface area contributed by atoms with Crippen molar-refractivity contribution < 1.29 is 14.5 Å². The molecule has 0 amide bonds.